The molecule has 5 amide bonds. The van der Waals surface area contributed by atoms with Gasteiger partial charge in [-0.2, -0.15) is 0 Å². The average molecular weight is 472 g/mol. The van der Waals surface area contributed by atoms with Crippen molar-refractivity contribution in [2.45, 2.75) is 45.7 Å². The number of rotatable bonds is 3. The second kappa shape index (κ2) is 8.30. The normalized spacial score (nSPS) is 23.2. The van der Waals surface area contributed by atoms with Crippen molar-refractivity contribution in [3.8, 4) is 5.75 Å². The lowest BCUT2D eigenvalue weighted by Gasteiger charge is -2.46. The third-order valence-electron chi connectivity index (χ3n) is 6.70. The number of benzene rings is 1. The molecule has 1 aromatic rings. The van der Waals surface area contributed by atoms with Crippen molar-refractivity contribution in [2.24, 2.45) is 5.41 Å². The Morgan fingerprint density at radius 3 is 2.41 bits per heavy atom. The number of piperidine rings is 1. The van der Waals surface area contributed by atoms with E-state index in [0.717, 1.165) is 4.90 Å². The quantitative estimate of drug-likeness (QED) is 0.629. The summed E-state index contributed by atoms with van der Waals surface area (Å²) in [5.74, 6) is -2.17. The molecule has 2 saturated heterocycles. The van der Waals surface area contributed by atoms with E-state index in [1.807, 2.05) is 25.7 Å². The highest BCUT2D eigenvalue weighted by Gasteiger charge is 2.47. The summed E-state index contributed by atoms with van der Waals surface area (Å²) in [6.45, 7) is 7.00. The van der Waals surface area contributed by atoms with Gasteiger partial charge in [-0.3, -0.25) is 29.4 Å². The second-order valence-electron chi connectivity index (χ2n) is 9.82. The molecule has 0 aliphatic carbocycles. The van der Waals surface area contributed by atoms with Gasteiger partial charge in [0, 0.05) is 37.8 Å². The number of nitrogens with zero attached hydrogens (tertiary/aromatic N) is 3. The van der Waals surface area contributed by atoms with Gasteiger partial charge in [0.1, 0.15) is 11.8 Å². The van der Waals surface area contributed by atoms with Crippen LogP contribution in [-0.2, 0) is 9.59 Å². The van der Waals surface area contributed by atoms with Crippen LogP contribution in [0, 0.1) is 5.41 Å². The van der Waals surface area contributed by atoms with Crippen LogP contribution in [0.25, 0.3) is 0 Å². The third kappa shape index (κ3) is 3.84. The van der Waals surface area contributed by atoms with Crippen molar-refractivity contribution >= 4 is 35.4 Å². The van der Waals surface area contributed by atoms with Gasteiger partial charge in [0.2, 0.25) is 11.8 Å². The van der Waals surface area contributed by atoms with Crippen LogP contribution in [0.3, 0.4) is 0 Å². The minimum Gasteiger partial charge on any atom is -0.496 e. The third-order valence-corrected chi connectivity index (χ3v) is 6.70. The number of amides is 5. The van der Waals surface area contributed by atoms with Crippen LogP contribution in [0.5, 0.6) is 5.75 Å². The molecular formula is C23H28N4O7. The Morgan fingerprint density at radius 1 is 1.12 bits per heavy atom. The zero-order valence-electron chi connectivity index (χ0n) is 19.6. The summed E-state index contributed by atoms with van der Waals surface area (Å²) in [6, 6.07) is 1.90. The molecule has 0 saturated carbocycles. The van der Waals surface area contributed by atoms with E-state index < -0.39 is 35.8 Å². The van der Waals surface area contributed by atoms with E-state index in [2.05, 4.69) is 5.32 Å². The maximum absolute atomic E-state index is 13.3. The van der Waals surface area contributed by atoms with Crippen molar-refractivity contribution in [3.63, 3.8) is 0 Å². The number of fused-ring (bicyclic) bond motifs is 1. The number of ether oxygens (including phenoxy) is 1. The van der Waals surface area contributed by atoms with E-state index in [0.29, 0.717) is 18.8 Å². The summed E-state index contributed by atoms with van der Waals surface area (Å²) in [7, 11) is 1.39. The molecule has 182 valence electrons. The van der Waals surface area contributed by atoms with E-state index in [-0.39, 0.29) is 47.7 Å². The first-order valence-electron chi connectivity index (χ1n) is 11.1. The Hall–Kier alpha value is -3.63. The molecule has 2 atom stereocenters. The molecule has 2 unspecified atom stereocenters. The molecular weight excluding hydrogens is 444 g/mol. The highest BCUT2D eigenvalue weighted by Crippen LogP contribution is 2.38. The first-order chi connectivity index (χ1) is 15.9. The van der Waals surface area contributed by atoms with E-state index in [1.165, 1.54) is 12.0 Å². The van der Waals surface area contributed by atoms with Gasteiger partial charge in [-0.05, 0) is 17.9 Å². The maximum Gasteiger partial charge on any atom is 0.407 e. The van der Waals surface area contributed by atoms with Crippen molar-refractivity contribution < 1.29 is 33.8 Å². The van der Waals surface area contributed by atoms with Gasteiger partial charge in [-0.15, -0.1) is 0 Å². The fourth-order valence-corrected chi connectivity index (χ4v) is 4.88. The summed E-state index contributed by atoms with van der Waals surface area (Å²) in [4.78, 5) is 66.4. The number of piperazine rings is 1. The lowest BCUT2D eigenvalue weighted by atomic mass is 9.84. The molecule has 0 spiro atoms. The summed E-state index contributed by atoms with van der Waals surface area (Å²) >= 11 is 0. The molecule has 3 heterocycles. The van der Waals surface area contributed by atoms with E-state index >= 15 is 0 Å². The first kappa shape index (κ1) is 23.5. The Balaban J connectivity index is 1.68. The molecule has 0 radical (unpaired) electrons. The number of carbonyl (C=O) groups is 5. The number of hydrogen-bond acceptors (Lipinski definition) is 7. The van der Waals surface area contributed by atoms with Gasteiger partial charge in [-0.25, -0.2) is 4.79 Å². The molecule has 3 aliphatic rings. The van der Waals surface area contributed by atoms with Crippen LogP contribution in [0.1, 0.15) is 54.3 Å². The standard InChI is InChI=1S/C23H28N4O7/c1-23(2,3)16-11-25(7-8-26(16)22(32)33)12-9-13-18(15(10-12)34-4)21(31)27(20(13)30)14-5-6-17(28)24-19(14)29/h9-10,14,16H,5-8,11H2,1-4H3,(H,32,33)(H,24,28,29). The molecule has 4 rings (SSSR count). The molecule has 3 aliphatic heterocycles. The average Bonchev–Trinajstić information content (AvgIpc) is 3.02. The lowest BCUT2D eigenvalue weighted by molar-refractivity contribution is -0.136. The summed E-state index contributed by atoms with van der Waals surface area (Å²) in [6.07, 6.45) is -0.879. The number of hydrogen-bond donors (Lipinski definition) is 2. The van der Waals surface area contributed by atoms with Crippen LogP contribution in [0.2, 0.25) is 0 Å². The summed E-state index contributed by atoms with van der Waals surface area (Å²) in [5.41, 5.74) is 0.502. The largest absolute Gasteiger partial charge is 0.496 e. The molecule has 11 nitrogen and oxygen atoms in total. The Bertz CT molecular complexity index is 1090. The van der Waals surface area contributed by atoms with Gasteiger partial charge in [0.15, 0.2) is 0 Å². The summed E-state index contributed by atoms with van der Waals surface area (Å²) in [5, 5.41) is 11.8. The highest BCUT2D eigenvalue weighted by atomic mass is 16.5. The van der Waals surface area contributed by atoms with Crippen LogP contribution >= 0.6 is 0 Å². The van der Waals surface area contributed by atoms with Gasteiger partial charge in [-0.1, -0.05) is 20.8 Å². The van der Waals surface area contributed by atoms with Crippen molar-refractivity contribution in [1.29, 1.82) is 0 Å². The maximum atomic E-state index is 13.3. The predicted octanol–water partition coefficient (Wildman–Crippen LogP) is 1.31. The molecule has 2 N–H and O–H groups in total. The first-order valence-corrected chi connectivity index (χ1v) is 11.1. The molecule has 0 aromatic heterocycles. The van der Waals surface area contributed by atoms with Crippen LogP contribution in [-0.4, -0.2) is 83.5 Å². The van der Waals surface area contributed by atoms with Gasteiger partial charge in [0.25, 0.3) is 11.8 Å². The smallest absolute Gasteiger partial charge is 0.407 e. The van der Waals surface area contributed by atoms with E-state index in [9.17, 15) is 29.1 Å². The van der Waals surface area contributed by atoms with Crippen molar-refractivity contribution in [3.05, 3.63) is 23.3 Å². The molecule has 34 heavy (non-hydrogen) atoms. The minimum atomic E-state index is -1.07. The van der Waals surface area contributed by atoms with E-state index in [1.54, 1.807) is 12.1 Å². The monoisotopic (exact) mass is 472 g/mol. The van der Waals surface area contributed by atoms with E-state index in [4.69, 9.17) is 4.74 Å². The van der Waals surface area contributed by atoms with Crippen LogP contribution < -0.4 is 15.0 Å². The highest BCUT2D eigenvalue weighted by molar-refractivity contribution is 6.25. The minimum absolute atomic E-state index is 0.0360. The lowest BCUT2D eigenvalue weighted by Crippen LogP contribution is -2.59. The number of anilines is 1. The zero-order valence-corrected chi connectivity index (χ0v) is 19.6. The Kier molecular flexibility index (Phi) is 5.74. The fraction of sp³-hybridized carbons (Fsp3) is 0.522. The van der Waals surface area contributed by atoms with Gasteiger partial charge < -0.3 is 19.6 Å². The number of carboxylic acid groups (broad SMARTS) is 1. The number of imide groups is 2. The molecule has 0 bridgehead atoms. The van der Waals surface area contributed by atoms with Crippen molar-refractivity contribution in [2.75, 3.05) is 31.6 Å². The van der Waals surface area contributed by atoms with Gasteiger partial charge >= 0.3 is 6.09 Å². The molecule has 1 aromatic carbocycles. The predicted molar refractivity (Wildman–Crippen MR) is 120 cm³/mol. The van der Waals surface area contributed by atoms with Gasteiger partial charge in [0.05, 0.1) is 24.3 Å². The zero-order chi connectivity index (χ0) is 24.9. The Labute approximate surface area is 196 Å². The van der Waals surface area contributed by atoms with Crippen LogP contribution in [0.15, 0.2) is 12.1 Å². The molecule has 11 heteroatoms. The SMILES string of the molecule is COc1cc(N2CCN(C(=O)O)C(C(C)(C)C)C2)cc2c1C(=O)N(C1CCC(=O)NC1=O)C2=O. The Morgan fingerprint density at radius 2 is 1.82 bits per heavy atom. The number of carbonyl (C=O) groups excluding carboxylic acids is 4. The number of nitrogens with one attached hydrogen (secondary N) is 1. The van der Waals surface area contributed by atoms with Crippen molar-refractivity contribution in [1.82, 2.24) is 15.1 Å². The fourth-order valence-electron chi connectivity index (χ4n) is 4.88. The summed E-state index contributed by atoms with van der Waals surface area (Å²) < 4.78 is 5.45. The molecule has 2 fully saturated rings. The van der Waals surface area contributed by atoms with Crippen LogP contribution in [0.4, 0.5) is 10.5 Å². The number of methoxy groups -OCH3 is 1. The topological polar surface area (TPSA) is 137 Å². The second-order valence-corrected chi connectivity index (χ2v) is 9.82.